The zero-order chi connectivity index (χ0) is 21.4. The van der Waals surface area contributed by atoms with Crippen molar-refractivity contribution in [1.82, 2.24) is 4.90 Å². The lowest BCUT2D eigenvalue weighted by molar-refractivity contribution is 0.0969. The third-order valence-electron chi connectivity index (χ3n) is 6.21. The summed E-state index contributed by atoms with van der Waals surface area (Å²) in [6.07, 6.45) is 2.99. The number of Topliss-reactive ketones (excluding diaryl/α,β-unsaturated/α-hetero) is 1. The number of rotatable bonds is 5. The molecular weight excluding hydrogens is 410 g/mol. The Balaban J connectivity index is 1.26. The van der Waals surface area contributed by atoms with Gasteiger partial charge in [-0.2, -0.15) is 0 Å². The third kappa shape index (κ3) is 4.14. The number of carbonyl (C=O) groups excluding carboxylic acids is 1. The normalized spacial score (nSPS) is 16.9. The molecule has 0 saturated carbocycles. The molecule has 2 heterocycles. The first kappa shape index (κ1) is 20.0. The molecule has 0 aliphatic carbocycles. The van der Waals surface area contributed by atoms with Gasteiger partial charge in [-0.15, -0.1) is 0 Å². The van der Waals surface area contributed by atoms with Crippen molar-refractivity contribution in [3.8, 4) is 0 Å². The molecule has 0 bridgehead atoms. The van der Waals surface area contributed by atoms with E-state index in [4.69, 9.17) is 16.0 Å². The molecule has 4 aromatic rings. The Labute approximate surface area is 185 Å². The van der Waals surface area contributed by atoms with Crippen molar-refractivity contribution < 1.29 is 9.21 Å². The van der Waals surface area contributed by atoms with Crippen LogP contribution in [0.2, 0.25) is 5.02 Å². The van der Waals surface area contributed by atoms with E-state index in [0.29, 0.717) is 28.9 Å². The molecule has 1 fully saturated rings. The van der Waals surface area contributed by atoms with Crippen LogP contribution in [0.3, 0.4) is 0 Å². The van der Waals surface area contributed by atoms with Gasteiger partial charge in [-0.05, 0) is 65.6 Å². The fourth-order valence-corrected chi connectivity index (χ4v) is 4.57. The number of nitrogens with zero attached hydrogens (tertiary/aromatic N) is 1. The van der Waals surface area contributed by atoms with Gasteiger partial charge < -0.3 is 9.32 Å². The summed E-state index contributed by atoms with van der Waals surface area (Å²) >= 11 is 5.99. The van der Waals surface area contributed by atoms with Crippen LogP contribution in [-0.2, 0) is 0 Å². The van der Waals surface area contributed by atoms with Gasteiger partial charge in [0.25, 0.3) is 0 Å². The van der Waals surface area contributed by atoms with E-state index in [9.17, 15) is 9.59 Å². The Kier molecular flexibility index (Phi) is 5.34. The summed E-state index contributed by atoms with van der Waals surface area (Å²) in [6.45, 7) is 2.73. The molecule has 1 aliphatic heterocycles. The van der Waals surface area contributed by atoms with Crippen LogP contribution < -0.4 is 5.43 Å². The number of benzene rings is 3. The van der Waals surface area contributed by atoms with Crippen LogP contribution in [-0.4, -0.2) is 30.3 Å². The Hall–Kier alpha value is -2.95. The summed E-state index contributed by atoms with van der Waals surface area (Å²) in [4.78, 5) is 27.2. The van der Waals surface area contributed by atoms with E-state index >= 15 is 0 Å². The molecule has 0 N–H and O–H groups in total. The fourth-order valence-electron chi connectivity index (χ4n) is 4.45. The second-order valence-electron chi connectivity index (χ2n) is 8.21. The molecule has 5 rings (SSSR count). The lowest BCUT2D eigenvalue weighted by Gasteiger charge is -2.16. The van der Waals surface area contributed by atoms with Crippen molar-refractivity contribution in [2.24, 2.45) is 0 Å². The average molecular weight is 432 g/mol. The van der Waals surface area contributed by atoms with E-state index in [1.165, 1.54) is 17.9 Å². The quantitative estimate of drug-likeness (QED) is 0.302. The molecule has 0 amide bonds. The van der Waals surface area contributed by atoms with Crippen LogP contribution in [0.4, 0.5) is 0 Å². The molecule has 0 spiro atoms. The third-order valence-corrected chi connectivity index (χ3v) is 6.46. The molecular formula is C26H22ClNO3. The van der Waals surface area contributed by atoms with Gasteiger partial charge in [-0.1, -0.05) is 35.9 Å². The van der Waals surface area contributed by atoms with Gasteiger partial charge >= 0.3 is 0 Å². The summed E-state index contributed by atoms with van der Waals surface area (Å²) in [5.74, 6) is 0.627. The Morgan fingerprint density at radius 2 is 1.87 bits per heavy atom. The zero-order valence-corrected chi connectivity index (χ0v) is 17.8. The Morgan fingerprint density at radius 1 is 1.03 bits per heavy atom. The highest BCUT2D eigenvalue weighted by atomic mass is 35.5. The monoisotopic (exact) mass is 431 g/mol. The Bertz CT molecular complexity index is 1330. The van der Waals surface area contributed by atoms with Gasteiger partial charge in [-0.3, -0.25) is 9.59 Å². The number of halogens is 1. The molecule has 1 saturated heterocycles. The van der Waals surface area contributed by atoms with Gasteiger partial charge in [-0.25, -0.2) is 0 Å². The van der Waals surface area contributed by atoms with E-state index in [-0.39, 0.29) is 11.2 Å². The molecule has 0 radical (unpaired) electrons. The maximum atomic E-state index is 12.8. The lowest BCUT2D eigenvalue weighted by atomic mass is 9.99. The molecule has 1 aliphatic rings. The second kappa shape index (κ2) is 8.29. The minimum absolute atomic E-state index is 0.0641. The minimum Gasteiger partial charge on any atom is -0.464 e. The largest absolute Gasteiger partial charge is 0.464 e. The lowest BCUT2D eigenvalue weighted by Crippen LogP contribution is -2.23. The van der Waals surface area contributed by atoms with E-state index in [2.05, 4.69) is 17.0 Å². The van der Waals surface area contributed by atoms with Crippen molar-refractivity contribution in [2.45, 2.75) is 18.8 Å². The topological polar surface area (TPSA) is 50.5 Å². The SMILES string of the molecule is O=C(CCN1CCC(c2ccc(Cl)cc2)C1)c1ccc2cc3c(=O)ccoc3cc2c1. The number of fused-ring (bicyclic) bond motifs is 2. The van der Waals surface area contributed by atoms with Crippen molar-refractivity contribution in [3.05, 3.63) is 93.3 Å². The standard InChI is InChI=1S/C26H22ClNO3/c27-22-5-3-17(4-6-22)20-7-10-28(16-20)11-8-24(29)19-2-1-18-14-23-25(30)9-12-31-26(23)15-21(18)13-19/h1-6,9,12-15,20H,7-8,10-11,16H2. The maximum Gasteiger partial charge on any atom is 0.192 e. The van der Waals surface area contributed by atoms with Crippen LogP contribution in [0.25, 0.3) is 21.7 Å². The predicted molar refractivity (Wildman–Crippen MR) is 124 cm³/mol. The van der Waals surface area contributed by atoms with Crippen LogP contribution in [0.5, 0.6) is 0 Å². The smallest absolute Gasteiger partial charge is 0.192 e. The van der Waals surface area contributed by atoms with Gasteiger partial charge in [0.2, 0.25) is 0 Å². The van der Waals surface area contributed by atoms with Gasteiger partial charge in [0.05, 0.1) is 11.6 Å². The predicted octanol–water partition coefficient (Wildman–Crippen LogP) is 5.66. The van der Waals surface area contributed by atoms with E-state index in [1.54, 1.807) is 0 Å². The molecule has 1 aromatic heterocycles. The number of hydrogen-bond acceptors (Lipinski definition) is 4. The highest BCUT2D eigenvalue weighted by Gasteiger charge is 2.24. The number of carbonyl (C=O) groups is 1. The summed E-state index contributed by atoms with van der Waals surface area (Å²) < 4.78 is 5.47. The van der Waals surface area contributed by atoms with Crippen molar-refractivity contribution in [2.75, 3.05) is 19.6 Å². The first-order valence-corrected chi connectivity index (χ1v) is 10.9. The first-order chi connectivity index (χ1) is 15.1. The highest BCUT2D eigenvalue weighted by Crippen LogP contribution is 2.28. The van der Waals surface area contributed by atoms with Crippen molar-refractivity contribution in [3.63, 3.8) is 0 Å². The molecule has 5 heteroatoms. The zero-order valence-electron chi connectivity index (χ0n) is 17.0. The summed E-state index contributed by atoms with van der Waals surface area (Å²) in [5.41, 5.74) is 2.48. The van der Waals surface area contributed by atoms with Crippen molar-refractivity contribution >= 4 is 39.1 Å². The number of ketones is 1. The fraction of sp³-hybridized carbons (Fsp3) is 0.231. The average Bonchev–Trinajstić information content (AvgIpc) is 3.26. The number of hydrogen-bond donors (Lipinski definition) is 0. The molecule has 31 heavy (non-hydrogen) atoms. The highest BCUT2D eigenvalue weighted by molar-refractivity contribution is 6.30. The second-order valence-corrected chi connectivity index (χ2v) is 8.64. The Morgan fingerprint density at radius 3 is 2.71 bits per heavy atom. The van der Waals surface area contributed by atoms with E-state index in [0.717, 1.165) is 41.9 Å². The summed E-state index contributed by atoms with van der Waals surface area (Å²) in [6, 6.07) is 18.8. The minimum atomic E-state index is -0.0641. The summed E-state index contributed by atoms with van der Waals surface area (Å²) in [5, 5.41) is 3.14. The molecule has 4 nitrogen and oxygen atoms in total. The van der Waals surface area contributed by atoms with Crippen molar-refractivity contribution in [1.29, 1.82) is 0 Å². The van der Waals surface area contributed by atoms with Crippen LogP contribution >= 0.6 is 11.6 Å². The van der Waals surface area contributed by atoms with Crippen LogP contribution in [0.15, 0.2) is 76.1 Å². The summed E-state index contributed by atoms with van der Waals surface area (Å²) in [7, 11) is 0. The van der Waals surface area contributed by atoms with Gasteiger partial charge in [0.1, 0.15) is 5.58 Å². The molecule has 1 unspecified atom stereocenters. The number of likely N-dealkylation sites (tertiary alicyclic amines) is 1. The maximum absolute atomic E-state index is 12.8. The van der Waals surface area contributed by atoms with E-state index in [1.807, 2.05) is 42.5 Å². The van der Waals surface area contributed by atoms with E-state index < -0.39 is 0 Å². The first-order valence-electron chi connectivity index (χ1n) is 10.5. The van der Waals surface area contributed by atoms with Gasteiger partial charge in [0, 0.05) is 36.2 Å². The van der Waals surface area contributed by atoms with Gasteiger partial charge in [0.15, 0.2) is 11.2 Å². The molecule has 3 aromatic carbocycles. The van der Waals surface area contributed by atoms with Crippen LogP contribution in [0.1, 0.15) is 34.7 Å². The van der Waals surface area contributed by atoms with Crippen LogP contribution in [0, 0.1) is 0 Å². The molecule has 156 valence electrons. The molecule has 1 atom stereocenters.